The van der Waals surface area contributed by atoms with E-state index in [9.17, 15) is 8.42 Å². The van der Waals surface area contributed by atoms with Crippen molar-refractivity contribution in [2.24, 2.45) is 0 Å². The molecule has 14 heavy (non-hydrogen) atoms. The Labute approximate surface area is 90.5 Å². The Morgan fingerprint density at radius 3 is 2.43 bits per heavy atom. The van der Waals surface area contributed by atoms with Crippen molar-refractivity contribution in [3.63, 3.8) is 0 Å². The monoisotopic (exact) mass is 237 g/mol. The molecule has 2 fully saturated rings. The molecule has 0 aromatic carbocycles. The van der Waals surface area contributed by atoms with Gasteiger partial charge in [0.2, 0.25) is 10.0 Å². The normalized spacial score (nSPS) is 31.4. The molecule has 1 unspecified atom stereocenters. The van der Waals surface area contributed by atoms with Crippen LogP contribution in [-0.4, -0.2) is 36.4 Å². The average Bonchev–Trinajstić information content (AvgIpc) is 2.89. The van der Waals surface area contributed by atoms with Crippen molar-refractivity contribution in [2.75, 3.05) is 13.1 Å². The molecule has 0 bridgehead atoms. The first-order chi connectivity index (χ1) is 6.60. The van der Waals surface area contributed by atoms with Crippen molar-refractivity contribution >= 4 is 21.6 Å². The summed E-state index contributed by atoms with van der Waals surface area (Å²) in [7, 11) is -2.96. The van der Waals surface area contributed by atoms with Gasteiger partial charge in [-0.3, -0.25) is 0 Å². The Bertz CT molecular complexity index is 300. The highest BCUT2D eigenvalue weighted by Gasteiger charge is 2.40. The highest BCUT2D eigenvalue weighted by molar-refractivity contribution is 7.90. The maximum absolute atomic E-state index is 11.9. The Hall–Kier alpha value is 0.200. The molecule has 0 amide bonds. The van der Waals surface area contributed by atoms with Crippen LogP contribution >= 0.6 is 11.6 Å². The Kier molecular flexibility index (Phi) is 3.05. The summed E-state index contributed by atoms with van der Waals surface area (Å²) in [4.78, 5) is 0. The van der Waals surface area contributed by atoms with Gasteiger partial charge >= 0.3 is 0 Å². The van der Waals surface area contributed by atoms with Gasteiger partial charge in [0.15, 0.2) is 0 Å². The number of halogens is 1. The largest absolute Gasteiger partial charge is 0.216 e. The van der Waals surface area contributed by atoms with Crippen LogP contribution in [0, 0.1) is 0 Å². The van der Waals surface area contributed by atoms with Crippen molar-refractivity contribution in [2.45, 2.75) is 42.7 Å². The first-order valence-electron chi connectivity index (χ1n) is 5.24. The van der Waals surface area contributed by atoms with E-state index in [0.29, 0.717) is 13.1 Å². The van der Waals surface area contributed by atoms with E-state index < -0.39 is 10.0 Å². The molecule has 1 heterocycles. The third-order valence-electron chi connectivity index (χ3n) is 2.92. The van der Waals surface area contributed by atoms with Crippen LogP contribution in [0.25, 0.3) is 0 Å². The quantitative estimate of drug-likeness (QED) is 0.684. The molecule has 0 aromatic heterocycles. The van der Waals surface area contributed by atoms with Crippen molar-refractivity contribution in [3.05, 3.63) is 0 Å². The lowest BCUT2D eigenvalue weighted by atomic mass is 10.2. The number of nitrogens with zero attached hydrogens (tertiary/aromatic N) is 1. The van der Waals surface area contributed by atoms with Gasteiger partial charge in [0.1, 0.15) is 0 Å². The van der Waals surface area contributed by atoms with E-state index in [1.807, 2.05) is 0 Å². The van der Waals surface area contributed by atoms with Crippen LogP contribution in [0.4, 0.5) is 0 Å². The third kappa shape index (κ3) is 2.23. The van der Waals surface area contributed by atoms with Gasteiger partial charge in [0.05, 0.1) is 5.25 Å². The summed E-state index contributed by atoms with van der Waals surface area (Å²) in [6, 6.07) is 0. The Morgan fingerprint density at radius 1 is 1.07 bits per heavy atom. The molecular formula is C9H16ClNO2S. The number of hydrogen-bond acceptors (Lipinski definition) is 2. The molecule has 1 saturated heterocycles. The van der Waals surface area contributed by atoms with Crippen molar-refractivity contribution in [3.8, 4) is 0 Å². The minimum atomic E-state index is -2.96. The molecule has 1 aliphatic heterocycles. The van der Waals surface area contributed by atoms with Gasteiger partial charge in [0, 0.05) is 18.5 Å². The van der Waals surface area contributed by atoms with Crippen molar-refractivity contribution in [1.82, 2.24) is 4.31 Å². The number of rotatable bonds is 2. The molecule has 1 atom stereocenters. The van der Waals surface area contributed by atoms with E-state index in [4.69, 9.17) is 11.6 Å². The number of alkyl halides is 1. The maximum atomic E-state index is 11.9. The first kappa shape index (κ1) is 10.7. The average molecular weight is 238 g/mol. The fourth-order valence-corrected chi connectivity index (χ4v) is 4.01. The zero-order chi connectivity index (χ0) is 10.2. The molecule has 0 aromatic rings. The minimum Gasteiger partial charge on any atom is -0.212 e. The molecule has 0 N–H and O–H groups in total. The summed E-state index contributed by atoms with van der Waals surface area (Å²) >= 11 is 6.01. The molecule has 2 rings (SSSR count). The minimum absolute atomic E-state index is 0.0747. The van der Waals surface area contributed by atoms with Crippen LogP contribution in [0.3, 0.4) is 0 Å². The summed E-state index contributed by atoms with van der Waals surface area (Å²) in [5, 5.41) is 0.0868. The lowest BCUT2D eigenvalue weighted by Gasteiger charge is -2.19. The van der Waals surface area contributed by atoms with Crippen molar-refractivity contribution < 1.29 is 8.42 Å². The Morgan fingerprint density at radius 2 is 1.79 bits per heavy atom. The third-order valence-corrected chi connectivity index (χ3v) is 5.76. The van der Waals surface area contributed by atoms with E-state index in [1.165, 1.54) is 0 Å². The van der Waals surface area contributed by atoms with E-state index in [0.717, 1.165) is 32.1 Å². The Balaban J connectivity index is 2.03. The summed E-state index contributed by atoms with van der Waals surface area (Å²) in [6.07, 6.45) is 4.35. The van der Waals surface area contributed by atoms with Crippen LogP contribution < -0.4 is 0 Å². The maximum Gasteiger partial charge on any atom is 0.216 e. The summed E-state index contributed by atoms with van der Waals surface area (Å²) in [5.74, 6) is 0. The highest BCUT2D eigenvalue weighted by Crippen LogP contribution is 2.32. The molecule has 82 valence electrons. The van der Waals surface area contributed by atoms with Crippen LogP contribution in [0.2, 0.25) is 0 Å². The van der Waals surface area contributed by atoms with E-state index >= 15 is 0 Å². The van der Waals surface area contributed by atoms with Gasteiger partial charge in [-0.15, -0.1) is 11.6 Å². The van der Waals surface area contributed by atoms with Crippen LogP contribution in [0.5, 0.6) is 0 Å². The van der Waals surface area contributed by atoms with Gasteiger partial charge in [-0.25, -0.2) is 12.7 Å². The van der Waals surface area contributed by atoms with E-state index in [-0.39, 0.29) is 10.6 Å². The number of sulfonamides is 1. The van der Waals surface area contributed by atoms with Crippen LogP contribution in [-0.2, 0) is 10.0 Å². The molecule has 2 aliphatic rings. The van der Waals surface area contributed by atoms with Gasteiger partial charge in [0.25, 0.3) is 0 Å². The predicted molar refractivity (Wildman–Crippen MR) is 57.0 cm³/mol. The van der Waals surface area contributed by atoms with E-state index in [1.54, 1.807) is 4.31 Å². The fraction of sp³-hybridized carbons (Fsp3) is 1.00. The second-order valence-corrected chi connectivity index (χ2v) is 7.00. The SMILES string of the molecule is O=S(=O)(C1CC1)N1CCCC(Cl)CC1. The summed E-state index contributed by atoms with van der Waals surface area (Å²) in [5.41, 5.74) is 0. The highest BCUT2D eigenvalue weighted by atomic mass is 35.5. The van der Waals surface area contributed by atoms with Gasteiger partial charge in [-0.1, -0.05) is 0 Å². The standard InChI is InChI=1S/C9H16ClNO2S/c10-8-2-1-6-11(7-5-8)14(12,13)9-3-4-9/h8-9H,1-7H2. The molecule has 1 saturated carbocycles. The molecule has 5 heteroatoms. The van der Waals surface area contributed by atoms with Crippen LogP contribution in [0.15, 0.2) is 0 Å². The number of hydrogen-bond donors (Lipinski definition) is 0. The molecule has 0 spiro atoms. The van der Waals surface area contributed by atoms with Crippen LogP contribution in [0.1, 0.15) is 32.1 Å². The predicted octanol–water partition coefficient (Wildman–Crippen LogP) is 1.57. The topological polar surface area (TPSA) is 37.4 Å². The zero-order valence-corrected chi connectivity index (χ0v) is 9.73. The molecule has 1 aliphatic carbocycles. The van der Waals surface area contributed by atoms with Gasteiger partial charge in [-0.05, 0) is 32.1 Å². The second-order valence-electron chi connectivity index (χ2n) is 4.17. The van der Waals surface area contributed by atoms with Gasteiger partial charge < -0.3 is 0 Å². The smallest absolute Gasteiger partial charge is 0.212 e. The lowest BCUT2D eigenvalue weighted by Crippen LogP contribution is -2.34. The summed E-state index contributed by atoms with van der Waals surface area (Å²) in [6.45, 7) is 1.29. The van der Waals surface area contributed by atoms with E-state index in [2.05, 4.69) is 0 Å². The second kappa shape index (κ2) is 3.99. The molecular weight excluding hydrogens is 222 g/mol. The fourth-order valence-electron chi connectivity index (χ4n) is 1.86. The summed E-state index contributed by atoms with van der Waals surface area (Å²) < 4.78 is 25.4. The van der Waals surface area contributed by atoms with Crippen molar-refractivity contribution in [1.29, 1.82) is 0 Å². The zero-order valence-electron chi connectivity index (χ0n) is 8.15. The molecule has 0 radical (unpaired) electrons. The lowest BCUT2D eigenvalue weighted by molar-refractivity contribution is 0.423. The first-order valence-corrected chi connectivity index (χ1v) is 7.17. The molecule has 3 nitrogen and oxygen atoms in total. The van der Waals surface area contributed by atoms with Gasteiger partial charge in [-0.2, -0.15) is 0 Å².